The summed E-state index contributed by atoms with van der Waals surface area (Å²) in [5.41, 5.74) is 2.62. The Morgan fingerprint density at radius 2 is 1.27 bits per heavy atom. The van der Waals surface area contributed by atoms with Gasteiger partial charge in [-0.2, -0.15) is 0 Å². The van der Waals surface area contributed by atoms with Crippen LogP contribution in [-0.4, -0.2) is 76.4 Å². The molecule has 0 unspecified atom stereocenters. The first-order valence-corrected chi connectivity index (χ1v) is 14.0. The van der Waals surface area contributed by atoms with Crippen LogP contribution in [0.2, 0.25) is 0 Å². The van der Waals surface area contributed by atoms with E-state index in [1.807, 2.05) is 54.6 Å². The fraction of sp³-hybridized carbons (Fsp3) is 0.364. The number of carbonyl (C=O) groups is 3. The van der Waals surface area contributed by atoms with Crippen LogP contribution >= 0.6 is 0 Å². The predicted octanol–water partition coefficient (Wildman–Crippen LogP) is 4.08. The van der Waals surface area contributed by atoms with Gasteiger partial charge in [0.25, 0.3) is 0 Å². The van der Waals surface area contributed by atoms with E-state index in [1.54, 1.807) is 25.8 Å². The van der Waals surface area contributed by atoms with Gasteiger partial charge in [-0.3, -0.25) is 14.5 Å². The molecular weight excluding hydrogens is 502 g/mol. The van der Waals surface area contributed by atoms with Gasteiger partial charge in [0, 0.05) is 26.7 Å². The van der Waals surface area contributed by atoms with E-state index < -0.39 is 17.6 Å². The van der Waals surface area contributed by atoms with Gasteiger partial charge in [-0.05, 0) is 29.0 Å². The predicted molar refractivity (Wildman–Crippen MR) is 153 cm³/mol. The molecular formula is C33H37N3O4. The van der Waals surface area contributed by atoms with Crippen LogP contribution in [0.5, 0.6) is 0 Å². The summed E-state index contributed by atoms with van der Waals surface area (Å²) >= 11 is 0. The molecule has 1 N–H and O–H groups in total. The average molecular weight is 540 g/mol. The Balaban J connectivity index is 1.42. The first-order valence-electron chi connectivity index (χ1n) is 14.0. The number of aliphatic carboxylic acids is 1. The molecule has 0 bridgehead atoms. The molecule has 3 aromatic rings. The number of carboxylic acids is 1. The Morgan fingerprint density at radius 3 is 1.62 bits per heavy atom. The summed E-state index contributed by atoms with van der Waals surface area (Å²) in [6.45, 7) is 4.96. The summed E-state index contributed by atoms with van der Waals surface area (Å²) in [5.74, 6) is -1.81. The minimum Gasteiger partial charge on any atom is -0.480 e. The lowest BCUT2D eigenvalue weighted by Crippen LogP contribution is -2.68. The maximum atomic E-state index is 13.9. The van der Waals surface area contributed by atoms with Gasteiger partial charge in [-0.25, -0.2) is 4.79 Å². The summed E-state index contributed by atoms with van der Waals surface area (Å²) in [6.07, 6.45) is 0.733. The molecule has 40 heavy (non-hydrogen) atoms. The van der Waals surface area contributed by atoms with E-state index >= 15 is 0 Å². The Labute approximate surface area is 236 Å². The van der Waals surface area contributed by atoms with Gasteiger partial charge in [-0.15, -0.1) is 0 Å². The van der Waals surface area contributed by atoms with Crippen LogP contribution in [0.15, 0.2) is 91.0 Å². The van der Waals surface area contributed by atoms with Crippen molar-refractivity contribution >= 4 is 17.8 Å². The van der Waals surface area contributed by atoms with E-state index in [9.17, 15) is 19.5 Å². The van der Waals surface area contributed by atoms with Crippen LogP contribution in [0.1, 0.15) is 37.0 Å². The Morgan fingerprint density at radius 1 is 0.825 bits per heavy atom. The third kappa shape index (κ3) is 4.68. The smallest absolute Gasteiger partial charge is 0.326 e. The van der Waals surface area contributed by atoms with Crippen LogP contribution in [0.4, 0.5) is 0 Å². The third-order valence-corrected chi connectivity index (χ3v) is 8.50. The van der Waals surface area contributed by atoms with Gasteiger partial charge >= 0.3 is 5.97 Å². The Hall–Kier alpha value is -3.97. The highest BCUT2D eigenvalue weighted by Crippen LogP contribution is 2.47. The minimum atomic E-state index is -1.01. The van der Waals surface area contributed by atoms with Gasteiger partial charge in [0.2, 0.25) is 11.8 Å². The maximum Gasteiger partial charge on any atom is 0.326 e. The van der Waals surface area contributed by atoms with Crippen molar-refractivity contribution < 1.29 is 19.5 Å². The zero-order chi connectivity index (χ0) is 28.4. The van der Waals surface area contributed by atoms with Gasteiger partial charge in [-0.1, -0.05) is 105 Å². The van der Waals surface area contributed by atoms with E-state index in [1.165, 1.54) is 4.90 Å². The van der Waals surface area contributed by atoms with Crippen molar-refractivity contribution in [3.05, 3.63) is 108 Å². The van der Waals surface area contributed by atoms with Crippen molar-refractivity contribution in [1.29, 1.82) is 0 Å². The number of rotatable bonds is 9. The number of hydrogen-bond acceptors (Lipinski definition) is 4. The van der Waals surface area contributed by atoms with Gasteiger partial charge in [0.1, 0.15) is 6.04 Å². The molecule has 2 atom stereocenters. The second-order valence-corrected chi connectivity index (χ2v) is 11.2. The topological polar surface area (TPSA) is 81.2 Å². The molecule has 7 heteroatoms. The van der Waals surface area contributed by atoms with Crippen molar-refractivity contribution in [3.63, 3.8) is 0 Å². The van der Waals surface area contributed by atoms with Crippen molar-refractivity contribution in [1.82, 2.24) is 14.7 Å². The van der Waals surface area contributed by atoms with E-state index in [4.69, 9.17) is 0 Å². The zero-order valence-electron chi connectivity index (χ0n) is 23.3. The Bertz CT molecular complexity index is 1240. The molecule has 2 aliphatic rings. The summed E-state index contributed by atoms with van der Waals surface area (Å²) in [5, 5.41) is 9.61. The maximum absolute atomic E-state index is 13.9. The number of hydrogen-bond donors (Lipinski definition) is 1. The van der Waals surface area contributed by atoms with E-state index in [2.05, 4.69) is 41.3 Å². The number of likely N-dealkylation sites (N-methyl/N-ethyl adjacent to an activating group) is 1. The fourth-order valence-electron chi connectivity index (χ4n) is 6.43. The van der Waals surface area contributed by atoms with Crippen molar-refractivity contribution in [3.8, 4) is 0 Å². The zero-order valence-corrected chi connectivity index (χ0v) is 23.3. The van der Waals surface area contributed by atoms with Crippen molar-refractivity contribution in [2.24, 2.45) is 11.8 Å². The Kier molecular flexibility index (Phi) is 7.76. The van der Waals surface area contributed by atoms with E-state index in [0.717, 1.165) is 29.7 Å². The number of likely N-dealkylation sites (tertiary alicyclic amines) is 2. The molecule has 0 spiro atoms. The van der Waals surface area contributed by atoms with E-state index in [0.29, 0.717) is 13.1 Å². The fourth-order valence-corrected chi connectivity index (χ4v) is 6.43. The molecule has 0 radical (unpaired) electrons. The van der Waals surface area contributed by atoms with Crippen LogP contribution in [0.3, 0.4) is 0 Å². The summed E-state index contributed by atoms with van der Waals surface area (Å²) in [6, 6.07) is 29.8. The quantitative estimate of drug-likeness (QED) is 0.415. The molecule has 0 saturated carbocycles. The molecule has 0 aliphatic carbocycles. The van der Waals surface area contributed by atoms with Gasteiger partial charge < -0.3 is 14.9 Å². The number of benzene rings is 3. The first-order chi connectivity index (χ1) is 19.3. The lowest BCUT2D eigenvalue weighted by Gasteiger charge is -2.56. The highest BCUT2D eigenvalue weighted by atomic mass is 16.4. The molecule has 2 fully saturated rings. The summed E-state index contributed by atoms with van der Waals surface area (Å²) in [4.78, 5) is 44.1. The molecule has 2 amide bonds. The number of carboxylic acid groups (broad SMARTS) is 1. The SMILES string of the molecule is CC(C)[C@@H](C(=O)O)N(C)C(=O)C1CN(C(=O)[C@@H]2CCN2C(c2ccccc2)(c2ccccc2)c2ccccc2)C1. The normalized spacial score (nSPS) is 18.5. The molecule has 7 nitrogen and oxygen atoms in total. The van der Waals surface area contributed by atoms with Gasteiger partial charge in [0.05, 0.1) is 17.5 Å². The molecule has 2 heterocycles. The van der Waals surface area contributed by atoms with Crippen LogP contribution in [0, 0.1) is 11.8 Å². The first kappa shape index (κ1) is 27.6. The molecule has 0 aromatic heterocycles. The van der Waals surface area contributed by atoms with Gasteiger partial charge in [0.15, 0.2) is 0 Å². The molecule has 3 aromatic carbocycles. The number of carbonyl (C=O) groups excluding carboxylic acids is 2. The monoisotopic (exact) mass is 539 g/mol. The number of amides is 2. The van der Waals surface area contributed by atoms with Crippen LogP contribution < -0.4 is 0 Å². The van der Waals surface area contributed by atoms with Crippen LogP contribution in [-0.2, 0) is 19.9 Å². The molecule has 5 rings (SSSR count). The number of nitrogens with zero attached hydrogens (tertiary/aromatic N) is 3. The largest absolute Gasteiger partial charge is 0.480 e. The van der Waals surface area contributed by atoms with E-state index in [-0.39, 0.29) is 29.7 Å². The summed E-state index contributed by atoms with van der Waals surface area (Å²) in [7, 11) is 1.55. The molecule has 2 aliphatic heterocycles. The van der Waals surface area contributed by atoms with Crippen LogP contribution in [0.25, 0.3) is 0 Å². The highest BCUT2D eigenvalue weighted by molar-refractivity contribution is 5.89. The average Bonchev–Trinajstić information content (AvgIpc) is 2.91. The lowest BCUT2D eigenvalue weighted by atomic mass is 9.72. The third-order valence-electron chi connectivity index (χ3n) is 8.50. The lowest BCUT2D eigenvalue weighted by molar-refractivity contribution is -0.161. The summed E-state index contributed by atoms with van der Waals surface area (Å²) < 4.78 is 0. The second kappa shape index (κ2) is 11.3. The molecule has 2 saturated heterocycles. The molecule has 208 valence electrons. The minimum absolute atomic E-state index is 0.0174. The highest BCUT2D eigenvalue weighted by Gasteiger charge is 2.53. The standard InChI is InChI=1S/C33H37N3O4/c1-23(2)29(32(39)40)34(3)30(37)24-21-35(22-24)31(38)28-19-20-36(28)33(25-13-7-4-8-14-25,26-15-9-5-10-16-26)27-17-11-6-12-18-27/h4-18,23-24,28-29H,19-22H2,1-3H3,(H,39,40)/t28-,29-/m0/s1. The second-order valence-electron chi connectivity index (χ2n) is 11.2. The van der Waals surface area contributed by atoms with Crippen molar-refractivity contribution in [2.45, 2.75) is 37.9 Å². The van der Waals surface area contributed by atoms with Crippen molar-refractivity contribution in [2.75, 3.05) is 26.7 Å².